The van der Waals surface area contributed by atoms with Crippen LogP contribution in [0.5, 0.6) is 11.5 Å². The topological polar surface area (TPSA) is 57.7 Å². The van der Waals surface area contributed by atoms with Gasteiger partial charge in [0.25, 0.3) is 0 Å². The normalized spacial score (nSPS) is 10.8. The molecule has 5 nitrogen and oxygen atoms in total. The number of ketones is 1. The smallest absolute Gasteiger partial charge is 0.185 e. The predicted molar refractivity (Wildman–Crippen MR) is 112 cm³/mol. The zero-order valence-electron chi connectivity index (χ0n) is 16.3. The van der Waals surface area contributed by atoms with E-state index in [0.717, 1.165) is 16.9 Å². The lowest BCUT2D eigenvalue weighted by Gasteiger charge is -2.06. The standard InChI is InChI=1S/C24H23NO4/c1-27-15-16-28-22-11-7-21(8-12-22)24(26)13-6-19-4-9-23(10-5-19)29-18-20-3-2-14-25-17-20/h2-14,17H,15-16,18H2,1H3. The molecule has 3 aromatic rings. The van der Waals surface area contributed by atoms with Gasteiger partial charge in [0.2, 0.25) is 0 Å². The minimum atomic E-state index is -0.0645. The number of carbonyl (C=O) groups is 1. The maximum atomic E-state index is 12.3. The predicted octanol–water partition coefficient (Wildman–Crippen LogP) is 4.58. The third-order valence-corrected chi connectivity index (χ3v) is 4.13. The lowest BCUT2D eigenvalue weighted by atomic mass is 10.1. The van der Waals surface area contributed by atoms with Gasteiger partial charge in [-0.05, 0) is 54.1 Å². The van der Waals surface area contributed by atoms with Crippen LogP contribution in [0.1, 0.15) is 21.5 Å². The quantitative estimate of drug-likeness (QED) is 0.289. The van der Waals surface area contributed by atoms with Crippen molar-refractivity contribution in [2.75, 3.05) is 20.3 Å². The first-order valence-electron chi connectivity index (χ1n) is 9.30. The van der Waals surface area contributed by atoms with Gasteiger partial charge in [0.05, 0.1) is 6.61 Å². The highest BCUT2D eigenvalue weighted by atomic mass is 16.5. The fourth-order valence-corrected chi connectivity index (χ4v) is 2.55. The molecule has 1 heterocycles. The molecule has 0 aliphatic rings. The van der Waals surface area contributed by atoms with E-state index in [0.29, 0.717) is 31.1 Å². The number of rotatable bonds is 10. The Morgan fingerprint density at radius 2 is 1.66 bits per heavy atom. The highest BCUT2D eigenvalue weighted by Gasteiger charge is 2.03. The summed E-state index contributed by atoms with van der Waals surface area (Å²) in [6.45, 7) is 1.47. The van der Waals surface area contributed by atoms with Crippen molar-refractivity contribution < 1.29 is 19.0 Å². The van der Waals surface area contributed by atoms with Crippen molar-refractivity contribution in [2.24, 2.45) is 0 Å². The Morgan fingerprint density at radius 3 is 2.34 bits per heavy atom. The highest BCUT2D eigenvalue weighted by Crippen LogP contribution is 2.16. The van der Waals surface area contributed by atoms with Crippen LogP contribution >= 0.6 is 0 Å². The first kappa shape index (κ1) is 20.3. The summed E-state index contributed by atoms with van der Waals surface area (Å²) in [6.07, 6.45) is 6.86. The summed E-state index contributed by atoms with van der Waals surface area (Å²) in [5.74, 6) is 1.41. The molecular weight excluding hydrogens is 366 g/mol. The highest BCUT2D eigenvalue weighted by molar-refractivity contribution is 6.06. The van der Waals surface area contributed by atoms with Crippen molar-refractivity contribution in [3.05, 3.63) is 95.8 Å². The van der Waals surface area contributed by atoms with Gasteiger partial charge in [-0.1, -0.05) is 24.3 Å². The summed E-state index contributed by atoms with van der Waals surface area (Å²) in [4.78, 5) is 16.4. The SMILES string of the molecule is COCCOc1ccc(C(=O)C=Cc2ccc(OCc3cccnc3)cc2)cc1. The number of aromatic nitrogens is 1. The molecule has 1 aromatic heterocycles. The van der Waals surface area contributed by atoms with Crippen LogP contribution in [0.4, 0.5) is 0 Å². The van der Waals surface area contributed by atoms with Gasteiger partial charge in [-0.3, -0.25) is 9.78 Å². The summed E-state index contributed by atoms with van der Waals surface area (Å²) in [6, 6.07) is 18.5. The molecule has 0 spiro atoms. The number of hydrogen-bond acceptors (Lipinski definition) is 5. The molecule has 0 saturated carbocycles. The molecule has 0 amide bonds. The van der Waals surface area contributed by atoms with E-state index in [1.807, 2.05) is 36.4 Å². The van der Waals surface area contributed by atoms with Crippen molar-refractivity contribution >= 4 is 11.9 Å². The lowest BCUT2D eigenvalue weighted by Crippen LogP contribution is -2.04. The van der Waals surface area contributed by atoms with E-state index >= 15 is 0 Å². The molecule has 0 saturated heterocycles. The summed E-state index contributed by atoms with van der Waals surface area (Å²) < 4.78 is 16.2. The van der Waals surface area contributed by atoms with Crippen LogP contribution in [0.25, 0.3) is 6.08 Å². The van der Waals surface area contributed by atoms with Crippen LogP contribution in [-0.4, -0.2) is 31.1 Å². The molecule has 3 rings (SSSR count). The number of ether oxygens (including phenoxy) is 3. The van der Waals surface area contributed by atoms with E-state index in [1.165, 1.54) is 0 Å². The van der Waals surface area contributed by atoms with Gasteiger partial charge in [-0.25, -0.2) is 0 Å². The molecule has 29 heavy (non-hydrogen) atoms. The number of allylic oxidation sites excluding steroid dienone is 1. The second-order valence-corrected chi connectivity index (χ2v) is 6.28. The molecule has 2 aromatic carbocycles. The molecule has 0 radical (unpaired) electrons. The zero-order valence-corrected chi connectivity index (χ0v) is 16.3. The molecule has 0 aliphatic carbocycles. The Balaban J connectivity index is 1.51. The number of hydrogen-bond donors (Lipinski definition) is 0. The van der Waals surface area contributed by atoms with E-state index in [2.05, 4.69) is 4.98 Å². The maximum absolute atomic E-state index is 12.3. The van der Waals surface area contributed by atoms with Crippen molar-refractivity contribution in [1.82, 2.24) is 4.98 Å². The van der Waals surface area contributed by atoms with Gasteiger partial charge in [0.1, 0.15) is 24.7 Å². The van der Waals surface area contributed by atoms with Gasteiger partial charge >= 0.3 is 0 Å². The van der Waals surface area contributed by atoms with E-state index in [-0.39, 0.29) is 5.78 Å². The second kappa shape index (κ2) is 10.8. The van der Waals surface area contributed by atoms with Crippen LogP contribution in [0.3, 0.4) is 0 Å². The summed E-state index contributed by atoms with van der Waals surface area (Å²) in [5.41, 5.74) is 2.54. The average Bonchev–Trinajstić information content (AvgIpc) is 2.78. The van der Waals surface area contributed by atoms with E-state index in [1.54, 1.807) is 55.9 Å². The van der Waals surface area contributed by atoms with Gasteiger partial charge in [0.15, 0.2) is 5.78 Å². The van der Waals surface area contributed by atoms with Crippen molar-refractivity contribution in [1.29, 1.82) is 0 Å². The van der Waals surface area contributed by atoms with Crippen molar-refractivity contribution in [3.63, 3.8) is 0 Å². The van der Waals surface area contributed by atoms with Gasteiger partial charge in [-0.15, -0.1) is 0 Å². The van der Waals surface area contributed by atoms with Gasteiger partial charge in [0, 0.05) is 30.6 Å². The Kier molecular flexibility index (Phi) is 7.55. The minimum absolute atomic E-state index is 0.0645. The third kappa shape index (κ3) is 6.59. The van der Waals surface area contributed by atoms with Crippen LogP contribution in [0, 0.1) is 0 Å². The van der Waals surface area contributed by atoms with Gasteiger partial charge < -0.3 is 14.2 Å². The zero-order chi connectivity index (χ0) is 20.3. The molecule has 0 atom stereocenters. The number of carbonyl (C=O) groups excluding carboxylic acids is 1. The van der Waals surface area contributed by atoms with E-state index in [4.69, 9.17) is 14.2 Å². The van der Waals surface area contributed by atoms with Crippen molar-refractivity contribution in [3.8, 4) is 11.5 Å². The van der Waals surface area contributed by atoms with Gasteiger partial charge in [-0.2, -0.15) is 0 Å². The first-order valence-corrected chi connectivity index (χ1v) is 9.30. The van der Waals surface area contributed by atoms with E-state index in [9.17, 15) is 4.79 Å². The summed E-state index contributed by atoms with van der Waals surface area (Å²) in [5, 5.41) is 0. The van der Waals surface area contributed by atoms with Crippen LogP contribution in [-0.2, 0) is 11.3 Å². The minimum Gasteiger partial charge on any atom is -0.491 e. The Hall–Kier alpha value is -3.44. The largest absolute Gasteiger partial charge is 0.491 e. The average molecular weight is 389 g/mol. The molecule has 0 aliphatic heterocycles. The number of benzene rings is 2. The molecule has 0 fully saturated rings. The fraction of sp³-hybridized carbons (Fsp3) is 0.167. The molecular formula is C24H23NO4. The monoisotopic (exact) mass is 389 g/mol. The molecule has 0 N–H and O–H groups in total. The molecule has 5 heteroatoms. The van der Waals surface area contributed by atoms with E-state index < -0.39 is 0 Å². The molecule has 148 valence electrons. The number of methoxy groups -OCH3 is 1. The Labute approximate surface area is 170 Å². The maximum Gasteiger partial charge on any atom is 0.185 e. The number of pyridine rings is 1. The molecule has 0 bridgehead atoms. The lowest BCUT2D eigenvalue weighted by molar-refractivity contribution is 0.104. The van der Waals surface area contributed by atoms with Crippen LogP contribution in [0.15, 0.2) is 79.1 Å². The third-order valence-electron chi connectivity index (χ3n) is 4.13. The van der Waals surface area contributed by atoms with Crippen molar-refractivity contribution in [2.45, 2.75) is 6.61 Å². The first-order chi connectivity index (χ1) is 14.2. The Bertz CT molecular complexity index is 919. The fourth-order valence-electron chi connectivity index (χ4n) is 2.55. The van der Waals surface area contributed by atoms with Crippen LogP contribution in [0.2, 0.25) is 0 Å². The second-order valence-electron chi connectivity index (χ2n) is 6.28. The van der Waals surface area contributed by atoms with Crippen LogP contribution < -0.4 is 9.47 Å². The molecule has 0 unspecified atom stereocenters. The Morgan fingerprint density at radius 1 is 0.931 bits per heavy atom. The number of nitrogens with zero attached hydrogens (tertiary/aromatic N) is 1. The summed E-state index contributed by atoms with van der Waals surface area (Å²) in [7, 11) is 1.63. The summed E-state index contributed by atoms with van der Waals surface area (Å²) >= 11 is 0.